The number of rotatable bonds is 6. The number of para-hydroxylation sites is 1. The lowest BCUT2D eigenvalue weighted by atomic mass is 10.1. The predicted molar refractivity (Wildman–Crippen MR) is 113 cm³/mol. The summed E-state index contributed by atoms with van der Waals surface area (Å²) < 4.78 is 0. The molecule has 0 unspecified atom stereocenters. The van der Waals surface area contributed by atoms with E-state index in [2.05, 4.69) is 10.9 Å². The van der Waals surface area contributed by atoms with Crippen molar-refractivity contribution in [1.29, 1.82) is 0 Å². The van der Waals surface area contributed by atoms with Gasteiger partial charge in [-0.05, 0) is 36.4 Å². The van der Waals surface area contributed by atoms with Crippen LogP contribution < -0.4 is 10.9 Å². The van der Waals surface area contributed by atoms with Crippen molar-refractivity contribution >= 4 is 47.6 Å². The molecule has 2 aromatic carbocycles. The first-order valence-corrected chi connectivity index (χ1v) is 9.05. The van der Waals surface area contributed by atoms with Gasteiger partial charge in [0.25, 0.3) is 0 Å². The van der Waals surface area contributed by atoms with E-state index in [0.29, 0.717) is 5.56 Å². The van der Waals surface area contributed by atoms with Crippen molar-refractivity contribution in [1.82, 2.24) is 0 Å². The van der Waals surface area contributed by atoms with Crippen molar-refractivity contribution < 1.29 is 19.2 Å². The van der Waals surface area contributed by atoms with Crippen molar-refractivity contribution in [3.05, 3.63) is 60.2 Å². The quantitative estimate of drug-likeness (QED) is 0.563. The Balaban J connectivity index is 0. The van der Waals surface area contributed by atoms with Crippen molar-refractivity contribution in [2.45, 2.75) is 20.8 Å². The van der Waals surface area contributed by atoms with E-state index >= 15 is 0 Å². The van der Waals surface area contributed by atoms with Gasteiger partial charge < -0.3 is 20.4 Å². The first kappa shape index (κ1) is 26.3. The minimum absolute atomic E-state index is 0.0437. The molecular weight excluding hydrogens is 364 g/mol. The smallest absolute Gasteiger partial charge is 0.186 e. The average Bonchev–Trinajstić information content (AvgIpc) is 2.76. The topological polar surface area (TPSA) is 92.3 Å². The normalized spacial score (nSPS) is 8.26. The van der Waals surface area contributed by atoms with Gasteiger partial charge in [-0.15, -0.1) is 0 Å². The maximum Gasteiger partial charge on any atom is 0.186 e. The van der Waals surface area contributed by atoms with Crippen LogP contribution in [-0.2, 0) is 14.4 Å². The second-order valence-electron chi connectivity index (χ2n) is 4.40. The van der Waals surface area contributed by atoms with Gasteiger partial charge in [0.05, 0.1) is 17.1 Å². The number of benzene rings is 2. The van der Waals surface area contributed by atoms with Gasteiger partial charge in [0.1, 0.15) is 13.6 Å². The zero-order valence-electron chi connectivity index (χ0n) is 15.9. The zero-order chi connectivity index (χ0) is 21.1. The van der Waals surface area contributed by atoms with Crippen LogP contribution in [0.15, 0.2) is 54.6 Å². The lowest BCUT2D eigenvalue weighted by molar-refractivity contribution is -0.109. The lowest BCUT2D eigenvalue weighted by Crippen LogP contribution is -2.09. The molecular formula is C20H26N2O4S. The van der Waals surface area contributed by atoms with Crippen molar-refractivity contribution in [3.8, 4) is 0 Å². The molecule has 146 valence electrons. The summed E-state index contributed by atoms with van der Waals surface area (Å²) in [4.78, 5) is 38.7. The molecule has 0 saturated carbocycles. The SMILES string of the molecule is C=O.C=O.CC.CC(=O)SCC(=O)c1ccc(NNc2ccccc2)cc1. The molecule has 0 amide bonds. The first-order chi connectivity index (χ1) is 13.1. The Hall–Kier alpha value is -2.93. The fraction of sp³-hybridized carbons (Fsp3) is 0.200. The first-order valence-electron chi connectivity index (χ1n) is 8.06. The monoisotopic (exact) mass is 390 g/mol. The summed E-state index contributed by atoms with van der Waals surface area (Å²) in [5.74, 6) is 0.141. The summed E-state index contributed by atoms with van der Waals surface area (Å²) in [6.45, 7) is 9.46. The number of ketones is 1. The molecule has 0 heterocycles. The van der Waals surface area contributed by atoms with Crippen LogP contribution in [0, 0.1) is 0 Å². The van der Waals surface area contributed by atoms with Gasteiger partial charge in [-0.1, -0.05) is 43.8 Å². The summed E-state index contributed by atoms with van der Waals surface area (Å²) in [6.07, 6.45) is 0. The Bertz CT molecular complexity index is 647. The highest BCUT2D eigenvalue weighted by atomic mass is 32.2. The number of carbonyl (C=O) groups excluding carboxylic acids is 4. The second-order valence-corrected chi connectivity index (χ2v) is 5.55. The predicted octanol–water partition coefficient (Wildman–Crippen LogP) is 4.24. The minimum atomic E-state index is -0.0475. The Morgan fingerprint density at radius 1 is 0.815 bits per heavy atom. The standard InChI is InChI=1S/C16H16N2O2S.C2H6.2CH2O/c1-12(19)21-11-16(20)13-7-9-15(10-8-13)18-17-14-5-3-2-4-6-14;3*1-2/h2-10,17-18H,11H2,1H3;1-2H3;2*1H2. The van der Waals surface area contributed by atoms with E-state index < -0.39 is 0 Å². The summed E-state index contributed by atoms with van der Waals surface area (Å²) in [5, 5.41) is -0.0475. The fourth-order valence-corrected chi connectivity index (χ4v) is 2.16. The molecule has 2 rings (SSSR count). The number of hydrazine groups is 1. The molecule has 0 aliphatic heterocycles. The van der Waals surface area contributed by atoms with E-state index in [1.807, 2.05) is 69.9 Å². The number of Topliss-reactive ketones (excluding diaryl/α,β-unsaturated/α-hetero) is 1. The van der Waals surface area contributed by atoms with Crippen molar-refractivity contribution in [2.75, 3.05) is 16.6 Å². The summed E-state index contributed by atoms with van der Waals surface area (Å²) in [6, 6.07) is 16.9. The molecule has 7 heteroatoms. The second kappa shape index (κ2) is 17.9. The molecule has 2 aromatic rings. The third-order valence-electron chi connectivity index (χ3n) is 2.74. The van der Waals surface area contributed by atoms with Gasteiger partial charge in [-0.2, -0.15) is 0 Å². The number of thioether (sulfide) groups is 1. The molecule has 2 N–H and O–H groups in total. The Morgan fingerprint density at radius 2 is 1.26 bits per heavy atom. The van der Waals surface area contributed by atoms with Crippen LogP contribution in [0.4, 0.5) is 11.4 Å². The molecule has 0 bridgehead atoms. The van der Waals surface area contributed by atoms with Crippen molar-refractivity contribution in [3.63, 3.8) is 0 Å². The van der Waals surface area contributed by atoms with Gasteiger partial charge in [0, 0.05) is 12.5 Å². The molecule has 0 radical (unpaired) electrons. The third kappa shape index (κ3) is 12.1. The number of nitrogens with one attached hydrogen (secondary N) is 2. The highest BCUT2D eigenvalue weighted by Gasteiger charge is 2.07. The van der Waals surface area contributed by atoms with Crippen LogP contribution >= 0.6 is 11.8 Å². The molecule has 0 atom stereocenters. The number of anilines is 2. The van der Waals surface area contributed by atoms with E-state index in [1.165, 1.54) is 6.92 Å². The Morgan fingerprint density at radius 3 is 1.70 bits per heavy atom. The van der Waals surface area contributed by atoms with Gasteiger partial charge in [-0.3, -0.25) is 9.59 Å². The maximum atomic E-state index is 11.8. The van der Waals surface area contributed by atoms with E-state index in [1.54, 1.807) is 12.1 Å². The van der Waals surface area contributed by atoms with Crippen molar-refractivity contribution in [2.24, 2.45) is 0 Å². The largest absolute Gasteiger partial charge is 0.307 e. The third-order valence-corrected chi connectivity index (χ3v) is 3.55. The Labute approximate surface area is 164 Å². The van der Waals surface area contributed by atoms with Crippen LogP contribution in [0.5, 0.6) is 0 Å². The van der Waals surface area contributed by atoms with Crippen LogP contribution in [-0.4, -0.2) is 30.2 Å². The molecule has 6 nitrogen and oxygen atoms in total. The van der Waals surface area contributed by atoms with E-state index in [4.69, 9.17) is 9.59 Å². The molecule has 0 fully saturated rings. The van der Waals surface area contributed by atoms with Crippen LogP contribution in [0.3, 0.4) is 0 Å². The fourth-order valence-electron chi connectivity index (χ4n) is 1.66. The molecule has 0 aliphatic carbocycles. The highest BCUT2D eigenvalue weighted by Crippen LogP contribution is 2.13. The van der Waals surface area contributed by atoms with E-state index in [-0.39, 0.29) is 16.7 Å². The highest BCUT2D eigenvalue weighted by molar-refractivity contribution is 8.14. The molecule has 0 aliphatic rings. The average molecular weight is 391 g/mol. The summed E-state index contributed by atoms with van der Waals surface area (Å²) >= 11 is 1.03. The number of carbonyl (C=O) groups is 4. The molecule has 0 spiro atoms. The maximum absolute atomic E-state index is 11.8. The molecule has 0 aromatic heterocycles. The van der Waals surface area contributed by atoms with Crippen LogP contribution in [0.25, 0.3) is 0 Å². The molecule has 0 saturated heterocycles. The van der Waals surface area contributed by atoms with Gasteiger partial charge in [0.2, 0.25) is 0 Å². The Kier molecular flexibility index (Phi) is 17.4. The molecule has 27 heavy (non-hydrogen) atoms. The van der Waals surface area contributed by atoms with Gasteiger partial charge in [0.15, 0.2) is 10.9 Å². The number of hydrogen-bond acceptors (Lipinski definition) is 7. The van der Waals surface area contributed by atoms with E-state index in [0.717, 1.165) is 23.1 Å². The van der Waals surface area contributed by atoms with Crippen LogP contribution in [0.2, 0.25) is 0 Å². The zero-order valence-corrected chi connectivity index (χ0v) is 16.7. The van der Waals surface area contributed by atoms with Gasteiger partial charge >= 0.3 is 0 Å². The summed E-state index contributed by atoms with van der Waals surface area (Å²) in [5.41, 5.74) is 8.54. The summed E-state index contributed by atoms with van der Waals surface area (Å²) in [7, 11) is 0. The van der Waals surface area contributed by atoms with E-state index in [9.17, 15) is 9.59 Å². The number of hydrogen-bond donors (Lipinski definition) is 2. The lowest BCUT2D eigenvalue weighted by Gasteiger charge is -2.10. The van der Waals surface area contributed by atoms with Gasteiger partial charge in [-0.25, -0.2) is 0 Å². The minimum Gasteiger partial charge on any atom is -0.307 e. The van der Waals surface area contributed by atoms with Crippen LogP contribution in [0.1, 0.15) is 31.1 Å².